The first kappa shape index (κ1) is 16.3. The summed E-state index contributed by atoms with van der Waals surface area (Å²) in [7, 11) is 3.08. The highest BCUT2D eigenvalue weighted by atomic mass is 35.5. The minimum Gasteiger partial charge on any atom is -0.497 e. The van der Waals surface area contributed by atoms with Crippen LogP contribution in [0.15, 0.2) is 18.2 Å². The van der Waals surface area contributed by atoms with Gasteiger partial charge in [0, 0.05) is 23.7 Å². The Balaban J connectivity index is 1.92. The van der Waals surface area contributed by atoms with Crippen LogP contribution in [0.5, 0.6) is 11.5 Å². The molecule has 1 aromatic carbocycles. The highest BCUT2D eigenvalue weighted by molar-refractivity contribution is 6.33. The fraction of sp³-hybridized carbons (Fsp3) is 0.250. The third kappa shape index (κ3) is 2.60. The first-order chi connectivity index (χ1) is 11.5. The summed E-state index contributed by atoms with van der Waals surface area (Å²) >= 11 is 5.96. The summed E-state index contributed by atoms with van der Waals surface area (Å²) in [6.07, 6.45) is 0. The van der Waals surface area contributed by atoms with Gasteiger partial charge in [0.25, 0.3) is 5.91 Å². The quantitative estimate of drug-likeness (QED) is 0.857. The van der Waals surface area contributed by atoms with Gasteiger partial charge in [0.05, 0.1) is 26.3 Å². The molecule has 0 saturated heterocycles. The summed E-state index contributed by atoms with van der Waals surface area (Å²) in [5.74, 6) is -0.193. The smallest absolute Gasteiger partial charge is 0.258 e. The van der Waals surface area contributed by atoms with Gasteiger partial charge in [-0.25, -0.2) is 9.37 Å². The highest BCUT2D eigenvalue weighted by Gasteiger charge is 2.34. The van der Waals surface area contributed by atoms with Crippen molar-refractivity contribution in [3.8, 4) is 11.5 Å². The van der Waals surface area contributed by atoms with E-state index in [-0.39, 0.29) is 41.1 Å². The number of aromatic nitrogens is 1. The van der Waals surface area contributed by atoms with Gasteiger partial charge in [0.2, 0.25) is 0 Å². The largest absolute Gasteiger partial charge is 0.497 e. The van der Waals surface area contributed by atoms with Crippen LogP contribution in [-0.4, -0.2) is 30.0 Å². The number of nitrogens with zero attached hydrogens (tertiary/aromatic N) is 2. The van der Waals surface area contributed by atoms with E-state index in [0.717, 1.165) is 5.56 Å². The number of rotatable bonds is 4. The van der Waals surface area contributed by atoms with Gasteiger partial charge in [-0.2, -0.15) is 0 Å². The number of nitrogens with two attached hydrogens (primary N) is 1. The second-order valence-electron chi connectivity index (χ2n) is 5.29. The summed E-state index contributed by atoms with van der Waals surface area (Å²) in [6, 6.07) is 5.27. The number of halogens is 2. The Morgan fingerprint density at radius 2 is 2.12 bits per heavy atom. The third-order valence-electron chi connectivity index (χ3n) is 3.92. The lowest BCUT2D eigenvalue weighted by Crippen LogP contribution is -2.23. The Morgan fingerprint density at radius 3 is 2.79 bits per heavy atom. The lowest BCUT2D eigenvalue weighted by molar-refractivity contribution is 0.0765. The van der Waals surface area contributed by atoms with Crippen molar-refractivity contribution in [1.82, 2.24) is 9.88 Å². The zero-order valence-corrected chi connectivity index (χ0v) is 13.9. The third-order valence-corrected chi connectivity index (χ3v) is 4.20. The van der Waals surface area contributed by atoms with Crippen LogP contribution in [0.2, 0.25) is 5.15 Å². The number of amides is 1. The molecule has 6 nitrogen and oxygen atoms in total. The normalized spacial score (nSPS) is 13.2. The predicted octanol–water partition coefficient (Wildman–Crippen LogP) is 2.63. The monoisotopic (exact) mass is 351 g/mol. The van der Waals surface area contributed by atoms with Crippen molar-refractivity contribution in [3.05, 3.63) is 45.9 Å². The van der Waals surface area contributed by atoms with Crippen LogP contribution in [0.3, 0.4) is 0 Å². The molecule has 2 aromatic rings. The molecule has 0 unspecified atom stereocenters. The Morgan fingerprint density at radius 1 is 1.38 bits per heavy atom. The molecule has 0 atom stereocenters. The average Bonchev–Trinajstić information content (AvgIpc) is 2.90. The van der Waals surface area contributed by atoms with Crippen LogP contribution in [0, 0.1) is 5.82 Å². The van der Waals surface area contributed by atoms with Crippen molar-refractivity contribution >= 4 is 23.3 Å². The summed E-state index contributed by atoms with van der Waals surface area (Å²) in [6.45, 7) is 0.304. The van der Waals surface area contributed by atoms with Crippen LogP contribution in [0.4, 0.5) is 10.2 Å². The number of carbonyl (C=O) groups is 1. The van der Waals surface area contributed by atoms with Crippen LogP contribution in [0.25, 0.3) is 0 Å². The topological polar surface area (TPSA) is 77.7 Å². The molecule has 0 fully saturated rings. The maximum absolute atomic E-state index is 14.1. The summed E-state index contributed by atoms with van der Waals surface area (Å²) in [5, 5.41) is -0.0851. The number of methoxy groups -OCH3 is 2. The molecule has 0 bridgehead atoms. The lowest BCUT2D eigenvalue weighted by atomic mass is 10.1. The van der Waals surface area contributed by atoms with E-state index in [1.54, 1.807) is 25.3 Å². The van der Waals surface area contributed by atoms with Crippen molar-refractivity contribution < 1.29 is 18.7 Å². The number of anilines is 1. The SMILES string of the molecule is COc1ccc(CN2Cc3c(F)c(N)nc(Cl)c3C2=O)c(OC)c1. The number of nitrogen functional groups attached to an aromatic ring is 1. The van der Waals surface area contributed by atoms with Gasteiger partial charge in [-0.05, 0) is 12.1 Å². The van der Waals surface area contributed by atoms with Gasteiger partial charge in [0.1, 0.15) is 16.7 Å². The molecule has 0 aliphatic carbocycles. The molecule has 24 heavy (non-hydrogen) atoms. The molecule has 1 aliphatic heterocycles. The van der Waals surface area contributed by atoms with Gasteiger partial charge >= 0.3 is 0 Å². The summed E-state index contributed by atoms with van der Waals surface area (Å²) in [5.41, 5.74) is 6.48. The molecular formula is C16H15ClFN3O3. The van der Waals surface area contributed by atoms with E-state index in [2.05, 4.69) is 4.98 Å². The van der Waals surface area contributed by atoms with E-state index in [0.29, 0.717) is 11.5 Å². The molecule has 0 radical (unpaired) electrons. The van der Waals surface area contributed by atoms with Crippen LogP contribution >= 0.6 is 11.6 Å². The average molecular weight is 352 g/mol. The highest BCUT2D eigenvalue weighted by Crippen LogP contribution is 2.34. The van der Waals surface area contributed by atoms with E-state index in [1.165, 1.54) is 12.0 Å². The van der Waals surface area contributed by atoms with Crippen molar-refractivity contribution in [2.24, 2.45) is 0 Å². The molecule has 2 heterocycles. The van der Waals surface area contributed by atoms with Crippen molar-refractivity contribution in [1.29, 1.82) is 0 Å². The van der Waals surface area contributed by atoms with Crippen LogP contribution in [-0.2, 0) is 13.1 Å². The van der Waals surface area contributed by atoms with Gasteiger partial charge in [-0.3, -0.25) is 4.79 Å². The molecule has 8 heteroatoms. The number of ether oxygens (including phenoxy) is 2. The van der Waals surface area contributed by atoms with E-state index < -0.39 is 5.82 Å². The Labute approximate surface area is 142 Å². The van der Waals surface area contributed by atoms with Gasteiger partial charge < -0.3 is 20.1 Å². The van der Waals surface area contributed by atoms with Crippen molar-refractivity contribution in [3.63, 3.8) is 0 Å². The second-order valence-corrected chi connectivity index (χ2v) is 5.65. The lowest BCUT2D eigenvalue weighted by Gasteiger charge is -2.18. The fourth-order valence-corrected chi connectivity index (χ4v) is 2.99. The Bertz CT molecular complexity index is 829. The molecule has 3 rings (SSSR count). The minimum absolute atomic E-state index is 0.0656. The second kappa shape index (κ2) is 6.16. The maximum atomic E-state index is 14.1. The van der Waals surface area contributed by atoms with Crippen molar-refractivity contribution in [2.75, 3.05) is 20.0 Å². The van der Waals surface area contributed by atoms with Crippen molar-refractivity contribution in [2.45, 2.75) is 13.1 Å². The van der Waals surface area contributed by atoms with Crippen LogP contribution < -0.4 is 15.2 Å². The molecule has 0 spiro atoms. The minimum atomic E-state index is -0.702. The molecule has 1 aliphatic rings. The molecule has 1 amide bonds. The van der Waals surface area contributed by atoms with Gasteiger partial charge in [-0.15, -0.1) is 0 Å². The predicted molar refractivity (Wildman–Crippen MR) is 86.7 cm³/mol. The Kier molecular flexibility index (Phi) is 4.19. The standard InChI is InChI=1S/C16H15ClFN3O3/c1-23-9-4-3-8(11(5-9)24-2)6-21-7-10-12(16(21)22)14(17)20-15(19)13(10)18/h3-5H,6-7H2,1-2H3,(H2,19,20). The molecule has 0 saturated carbocycles. The molecular weight excluding hydrogens is 337 g/mol. The first-order valence-corrected chi connectivity index (χ1v) is 7.47. The number of benzene rings is 1. The molecule has 2 N–H and O–H groups in total. The van der Waals surface area contributed by atoms with E-state index in [1.807, 2.05) is 0 Å². The number of carbonyl (C=O) groups excluding carboxylic acids is 1. The summed E-state index contributed by atoms with van der Waals surface area (Å²) < 4.78 is 24.6. The number of hydrogen-bond acceptors (Lipinski definition) is 5. The maximum Gasteiger partial charge on any atom is 0.258 e. The number of pyridine rings is 1. The zero-order chi connectivity index (χ0) is 17.4. The summed E-state index contributed by atoms with van der Waals surface area (Å²) in [4.78, 5) is 17.7. The molecule has 126 valence electrons. The van der Waals surface area contributed by atoms with Gasteiger partial charge in [0.15, 0.2) is 11.6 Å². The van der Waals surface area contributed by atoms with Gasteiger partial charge in [-0.1, -0.05) is 11.6 Å². The van der Waals surface area contributed by atoms with E-state index in [4.69, 9.17) is 26.8 Å². The van der Waals surface area contributed by atoms with Crippen LogP contribution in [0.1, 0.15) is 21.5 Å². The number of hydrogen-bond donors (Lipinski definition) is 1. The van der Waals surface area contributed by atoms with E-state index in [9.17, 15) is 9.18 Å². The fourth-order valence-electron chi connectivity index (χ4n) is 2.70. The van der Waals surface area contributed by atoms with E-state index >= 15 is 0 Å². The number of fused-ring (bicyclic) bond motifs is 1. The first-order valence-electron chi connectivity index (χ1n) is 7.09. The molecule has 1 aromatic heterocycles. The zero-order valence-electron chi connectivity index (χ0n) is 13.1. The Hall–Kier alpha value is -2.54.